The van der Waals surface area contributed by atoms with E-state index in [0.29, 0.717) is 13.1 Å². The van der Waals surface area contributed by atoms with Gasteiger partial charge in [-0.3, -0.25) is 4.90 Å². The molecular weight excluding hydrogens is 306 g/mol. The van der Waals surface area contributed by atoms with Gasteiger partial charge in [0.1, 0.15) is 11.6 Å². The summed E-state index contributed by atoms with van der Waals surface area (Å²) in [6, 6.07) is 6.20. The van der Waals surface area contributed by atoms with E-state index in [4.69, 9.17) is 9.72 Å². The number of aromatic nitrogens is 2. The van der Waals surface area contributed by atoms with Gasteiger partial charge in [0, 0.05) is 17.5 Å². The van der Waals surface area contributed by atoms with Crippen LogP contribution in [0.1, 0.15) is 37.7 Å². The number of hydrogen-bond donors (Lipinski definition) is 1. The van der Waals surface area contributed by atoms with E-state index < -0.39 is 6.09 Å². The third kappa shape index (κ3) is 2.25. The maximum Gasteiger partial charge on any atom is 0.408 e. The Hall–Kier alpha value is -2.50. The maximum absolute atomic E-state index is 11.3. The van der Waals surface area contributed by atoms with Gasteiger partial charge in [0.25, 0.3) is 0 Å². The summed E-state index contributed by atoms with van der Waals surface area (Å²) in [7, 11) is 0. The minimum Gasteiger partial charge on any atom is -0.493 e. The maximum atomic E-state index is 11.3. The van der Waals surface area contributed by atoms with Gasteiger partial charge in [-0.15, -0.1) is 0 Å². The number of hydrogen-bond acceptors (Lipinski definition) is 3. The van der Waals surface area contributed by atoms with Crippen LogP contribution in [0.4, 0.5) is 4.79 Å². The second kappa shape index (κ2) is 5.00. The predicted molar refractivity (Wildman–Crippen MR) is 89.1 cm³/mol. The fraction of sp³-hybridized carbons (Fsp3) is 0.444. The van der Waals surface area contributed by atoms with Crippen LogP contribution in [0.2, 0.25) is 0 Å². The van der Waals surface area contributed by atoms with Crippen molar-refractivity contribution in [2.75, 3.05) is 6.61 Å². The summed E-state index contributed by atoms with van der Waals surface area (Å²) in [6.45, 7) is 7.85. The van der Waals surface area contributed by atoms with Crippen molar-refractivity contribution in [3.63, 3.8) is 0 Å². The van der Waals surface area contributed by atoms with Crippen LogP contribution >= 0.6 is 0 Å². The molecule has 6 nitrogen and oxygen atoms in total. The summed E-state index contributed by atoms with van der Waals surface area (Å²) >= 11 is 0. The molecule has 0 bridgehead atoms. The Bertz CT molecular complexity index is 833. The molecule has 2 aliphatic heterocycles. The van der Waals surface area contributed by atoms with Gasteiger partial charge in [0.05, 0.1) is 31.1 Å². The molecule has 126 valence electrons. The van der Waals surface area contributed by atoms with Crippen LogP contribution in [0.15, 0.2) is 18.2 Å². The Morgan fingerprint density at radius 3 is 2.79 bits per heavy atom. The van der Waals surface area contributed by atoms with Crippen molar-refractivity contribution in [3.05, 3.63) is 35.2 Å². The van der Waals surface area contributed by atoms with Gasteiger partial charge in [-0.05, 0) is 44.5 Å². The molecule has 0 spiro atoms. The van der Waals surface area contributed by atoms with Crippen molar-refractivity contribution in [1.29, 1.82) is 0 Å². The van der Waals surface area contributed by atoms with E-state index in [0.717, 1.165) is 41.6 Å². The molecule has 0 atom stereocenters. The van der Waals surface area contributed by atoms with Crippen molar-refractivity contribution in [1.82, 2.24) is 14.5 Å². The number of nitrogens with zero attached hydrogens (tertiary/aromatic N) is 3. The lowest BCUT2D eigenvalue weighted by Crippen LogP contribution is -2.28. The molecule has 24 heavy (non-hydrogen) atoms. The lowest BCUT2D eigenvalue weighted by atomic mass is 10.0. The minimum atomic E-state index is -0.898. The van der Waals surface area contributed by atoms with Crippen molar-refractivity contribution in [3.8, 4) is 17.1 Å². The van der Waals surface area contributed by atoms with E-state index in [1.54, 1.807) is 0 Å². The van der Waals surface area contributed by atoms with Gasteiger partial charge in [-0.2, -0.15) is 0 Å². The first-order valence-corrected chi connectivity index (χ1v) is 8.19. The number of ether oxygens (including phenoxy) is 1. The molecule has 1 amide bonds. The van der Waals surface area contributed by atoms with Crippen molar-refractivity contribution >= 4 is 6.09 Å². The molecule has 0 fully saturated rings. The molecule has 0 saturated heterocycles. The first kappa shape index (κ1) is 15.1. The zero-order valence-corrected chi connectivity index (χ0v) is 14.2. The lowest BCUT2D eigenvalue weighted by Gasteiger charge is -2.26. The minimum absolute atomic E-state index is 0.181. The summed E-state index contributed by atoms with van der Waals surface area (Å²) in [5.74, 6) is 1.87. The summed E-state index contributed by atoms with van der Waals surface area (Å²) in [5, 5.41) is 9.26. The van der Waals surface area contributed by atoms with E-state index in [9.17, 15) is 9.90 Å². The van der Waals surface area contributed by atoms with E-state index in [1.165, 1.54) is 10.5 Å². The normalized spacial score (nSPS) is 16.0. The van der Waals surface area contributed by atoms with Crippen LogP contribution in [-0.4, -0.2) is 32.3 Å². The largest absolute Gasteiger partial charge is 0.493 e. The van der Waals surface area contributed by atoms with Crippen LogP contribution in [0.3, 0.4) is 0 Å². The molecule has 1 aromatic heterocycles. The summed E-state index contributed by atoms with van der Waals surface area (Å²) in [5.41, 5.74) is 3.95. The number of carbonyl (C=O) groups is 1. The SMILES string of the molecule is CC(C)(C)n1c(-c2ccc3c(c2)CCO3)nc2c1CN(C(=O)O)C2. The van der Waals surface area contributed by atoms with E-state index in [2.05, 4.69) is 31.4 Å². The van der Waals surface area contributed by atoms with Gasteiger partial charge < -0.3 is 14.4 Å². The van der Waals surface area contributed by atoms with Gasteiger partial charge in [-0.1, -0.05) is 0 Å². The highest BCUT2D eigenvalue weighted by molar-refractivity contribution is 5.67. The molecule has 1 aromatic carbocycles. The number of carboxylic acid groups (broad SMARTS) is 1. The van der Waals surface area contributed by atoms with Crippen molar-refractivity contribution in [2.24, 2.45) is 0 Å². The number of fused-ring (bicyclic) bond motifs is 2. The van der Waals surface area contributed by atoms with Crippen LogP contribution < -0.4 is 4.74 Å². The Kier molecular flexibility index (Phi) is 3.13. The molecule has 6 heteroatoms. The molecule has 0 aliphatic carbocycles. The average Bonchev–Trinajstić information content (AvgIpc) is 3.17. The van der Waals surface area contributed by atoms with Gasteiger partial charge >= 0.3 is 6.09 Å². The van der Waals surface area contributed by atoms with Gasteiger partial charge in [0.2, 0.25) is 0 Å². The molecule has 4 rings (SSSR count). The van der Waals surface area contributed by atoms with E-state index >= 15 is 0 Å². The Morgan fingerprint density at radius 1 is 1.29 bits per heavy atom. The first-order chi connectivity index (χ1) is 11.3. The number of benzene rings is 1. The monoisotopic (exact) mass is 327 g/mol. The fourth-order valence-corrected chi connectivity index (χ4v) is 3.58. The van der Waals surface area contributed by atoms with Crippen LogP contribution in [0.5, 0.6) is 5.75 Å². The lowest BCUT2D eigenvalue weighted by molar-refractivity contribution is 0.143. The Labute approximate surface area is 140 Å². The topological polar surface area (TPSA) is 67.6 Å². The molecule has 1 N–H and O–H groups in total. The van der Waals surface area contributed by atoms with Crippen molar-refractivity contribution < 1.29 is 14.6 Å². The van der Waals surface area contributed by atoms with E-state index in [1.807, 2.05) is 12.1 Å². The first-order valence-electron chi connectivity index (χ1n) is 8.19. The molecule has 0 saturated carbocycles. The van der Waals surface area contributed by atoms with E-state index in [-0.39, 0.29) is 5.54 Å². The highest BCUT2D eigenvalue weighted by atomic mass is 16.5. The molecule has 0 radical (unpaired) electrons. The molecule has 0 unspecified atom stereocenters. The highest BCUT2D eigenvalue weighted by Gasteiger charge is 2.33. The predicted octanol–water partition coefficient (Wildman–Crippen LogP) is 3.23. The third-order valence-electron chi connectivity index (χ3n) is 4.63. The van der Waals surface area contributed by atoms with Crippen molar-refractivity contribution in [2.45, 2.75) is 45.8 Å². The molecule has 3 heterocycles. The Morgan fingerprint density at radius 2 is 2.08 bits per heavy atom. The van der Waals surface area contributed by atoms with Crippen LogP contribution in [-0.2, 0) is 25.0 Å². The Balaban J connectivity index is 1.83. The van der Waals surface area contributed by atoms with Gasteiger partial charge in [-0.25, -0.2) is 9.78 Å². The van der Waals surface area contributed by atoms with Crippen LogP contribution in [0.25, 0.3) is 11.4 Å². The zero-order chi connectivity index (χ0) is 17.1. The fourth-order valence-electron chi connectivity index (χ4n) is 3.58. The molecule has 2 aromatic rings. The highest BCUT2D eigenvalue weighted by Crippen LogP contribution is 2.36. The number of rotatable bonds is 1. The second-order valence-corrected chi connectivity index (χ2v) is 7.39. The third-order valence-corrected chi connectivity index (χ3v) is 4.63. The smallest absolute Gasteiger partial charge is 0.408 e. The summed E-state index contributed by atoms with van der Waals surface area (Å²) < 4.78 is 7.77. The van der Waals surface area contributed by atoms with Gasteiger partial charge in [0.15, 0.2) is 0 Å². The van der Waals surface area contributed by atoms with Crippen LogP contribution in [0, 0.1) is 0 Å². The standard InChI is InChI=1S/C18H21N3O3/c1-18(2,3)21-14-10-20(17(22)23)9-13(14)19-16(21)12-4-5-15-11(8-12)6-7-24-15/h4-5,8H,6-7,9-10H2,1-3H3,(H,22,23). The number of imidazole rings is 1. The average molecular weight is 327 g/mol. The molecular formula is C18H21N3O3. The quantitative estimate of drug-likeness (QED) is 0.873. The molecule has 2 aliphatic rings. The zero-order valence-electron chi connectivity index (χ0n) is 14.2. The summed E-state index contributed by atoms with van der Waals surface area (Å²) in [4.78, 5) is 17.5. The second-order valence-electron chi connectivity index (χ2n) is 7.39. The number of amides is 1. The summed E-state index contributed by atoms with van der Waals surface area (Å²) in [6.07, 6.45) is 0.0241.